The predicted molar refractivity (Wildman–Crippen MR) is 76.2 cm³/mol. The van der Waals surface area contributed by atoms with Crippen LogP contribution in [-0.4, -0.2) is 61.2 Å². The Labute approximate surface area is 117 Å². The number of pyridine rings is 1. The van der Waals surface area contributed by atoms with Crippen LogP contribution in [0.2, 0.25) is 0 Å². The van der Waals surface area contributed by atoms with Gasteiger partial charge in [-0.1, -0.05) is 0 Å². The molecule has 2 rings (SSSR count). The van der Waals surface area contributed by atoms with Crippen LogP contribution in [0.15, 0.2) is 12.1 Å². The first-order valence-corrected chi connectivity index (χ1v) is 6.57. The lowest BCUT2D eigenvalue weighted by Gasteiger charge is -2.26. The van der Waals surface area contributed by atoms with Crippen LogP contribution < -0.4 is 10.6 Å². The SMILES string of the molecule is CNc1cc([N+](=O)[O-])cc(NCCN2CCOCC2)n1. The van der Waals surface area contributed by atoms with E-state index in [2.05, 4.69) is 20.5 Å². The molecule has 1 fully saturated rings. The Morgan fingerprint density at radius 1 is 1.40 bits per heavy atom. The van der Waals surface area contributed by atoms with E-state index in [0.29, 0.717) is 18.2 Å². The molecule has 8 heteroatoms. The van der Waals surface area contributed by atoms with Gasteiger partial charge in [-0.15, -0.1) is 0 Å². The number of ether oxygens (including phenoxy) is 1. The van der Waals surface area contributed by atoms with E-state index >= 15 is 0 Å². The molecule has 1 aromatic rings. The van der Waals surface area contributed by atoms with Gasteiger partial charge in [0.1, 0.15) is 11.6 Å². The number of morpholine rings is 1. The third-order valence-electron chi connectivity index (χ3n) is 3.11. The maximum absolute atomic E-state index is 10.8. The van der Waals surface area contributed by atoms with Crippen LogP contribution in [0.3, 0.4) is 0 Å². The van der Waals surface area contributed by atoms with Crippen LogP contribution >= 0.6 is 0 Å². The van der Waals surface area contributed by atoms with Crippen molar-refractivity contribution < 1.29 is 9.66 Å². The van der Waals surface area contributed by atoms with Crippen molar-refractivity contribution in [2.45, 2.75) is 0 Å². The van der Waals surface area contributed by atoms with Gasteiger partial charge in [-0.3, -0.25) is 15.0 Å². The van der Waals surface area contributed by atoms with Crippen LogP contribution in [0.1, 0.15) is 0 Å². The second-order valence-corrected chi connectivity index (χ2v) is 4.48. The summed E-state index contributed by atoms with van der Waals surface area (Å²) in [4.78, 5) is 17.0. The molecule has 0 radical (unpaired) electrons. The number of hydrogen-bond donors (Lipinski definition) is 2. The normalized spacial score (nSPS) is 15.8. The van der Waals surface area contributed by atoms with E-state index in [4.69, 9.17) is 4.74 Å². The molecule has 0 atom stereocenters. The van der Waals surface area contributed by atoms with Gasteiger partial charge in [0.15, 0.2) is 0 Å². The molecule has 0 spiro atoms. The summed E-state index contributed by atoms with van der Waals surface area (Å²) in [6.45, 7) is 4.93. The number of anilines is 2. The molecule has 2 heterocycles. The zero-order valence-electron chi connectivity index (χ0n) is 11.5. The molecule has 0 unspecified atom stereocenters. The minimum Gasteiger partial charge on any atom is -0.379 e. The molecule has 0 amide bonds. The van der Waals surface area contributed by atoms with Gasteiger partial charge >= 0.3 is 0 Å². The number of aromatic nitrogens is 1. The summed E-state index contributed by atoms with van der Waals surface area (Å²) < 4.78 is 5.28. The van der Waals surface area contributed by atoms with Crippen molar-refractivity contribution >= 4 is 17.3 Å². The van der Waals surface area contributed by atoms with Crippen molar-refractivity contribution in [3.05, 3.63) is 22.2 Å². The number of rotatable bonds is 6. The second-order valence-electron chi connectivity index (χ2n) is 4.48. The van der Waals surface area contributed by atoms with E-state index in [1.165, 1.54) is 12.1 Å². The van der Waals surface area contributed by atoms with Crippen LogP contribution in [0, 0.1) is 10.1 Å². The van der Waals surface area contributed by atoms with E-state index in [0.717, 1.165) is 32.8 Å². The predicted octanol–water partition coefficient (Wildman–Crippen LogP) is 0.776. The van der Waals surface area contributed by atoms with Gasteiger partial charge in [0.25, 0.3) is 5.69 Å². The average Bonchev–Trinajstić information content (AvgIpc) is 2.48. The molecule has 1 aliphatic heterocycles. The molecular weight excluding hydrogens is 262 g/mol. The standard InChI is InChI=1S/C12H19N5O3/c1-13-11-8-10(17(18)19)9-12(15-11)14-2-3-16-4-6-20-7-5-16/h8-9H,2-7H2,1H3,(H2,13,14,15). The molecule has 1 aromatic heterocycles. The van der Waals surface area contributed by atoms with Crippen molar-refractivity contribution in [3.63, 3.8) is 0 Å². The third-order valence-corrected chi connectivity index (χ3v) is 3.11. The summed E-state index contributed by atoms with van der Waals surface area (Å²) in [5.41, 5.74) is 0.0261. The molecule has 0 bridgehead atoms. The molecular formula is C12H19N5O3. The monoisotopic (exact) mass is 281 g/mol. The maximum Gasteiger partial charge on any atom is 0.276 e. The first kappa shape index (κ1) is 14.5. The zero-order chi connectivity index (χ0) is 14.4. The number of nitro groups is 1. The molecule has 8 nitrogen and oxygen atoms in total. The lowest BCUT2D eigenvalue weighted by atomic mass is 10.3. The molecule has 1 saturated heterocycles. The minimum atomic E-state index is -0.421. The minimum absolute atomic E-state index is 0.0261. The van der Waals surface area contributed by atoms with Crippen LogP contribution in [-0.2, 0) is 4.74 Å². The lowest BCUT2D eigenvalue weighted by Crippen LogP contribution is -2.39. The summed E-state index contributed by atoms with van der Waals surface area (Å²) in [5, 5.41) is 16.8. The maximum atomic E-state index is 10.8. The largest absolute Gasteiger partial charge is 0.379 e. The first-order chi connectivity index (χ1) is 9.69. The smallest absolute Gasteiger partial charge is 0.276 e. The third kappa shape index (κ3) is 4.04. The average molecular weight is 281 g/mol. The van der Waals surface area contributed by atoms with Gasteiger partial charge in [0.05, 0.1) is 30.3 Å². The Hall–Kier alpha value is -1.93. The summed E-state index contributed by atoms with van der Waals surface area (Å²) in [5.74, 6) is 0.991. The number of nitrogens with one attached hydrogen (secondary N) is 2. The summed E-state index contributed by atoms with van der Waals surface area (Å²) in [6, 6.07) is 2.85. The number of hydrogen-bond acceptors (Lipinski definition) is 7. The van der Waals surface area contributed by atoms with Crippen molar-refractivity contribution in [1.29, 1.82) is 0 Å². The Morgan fingerprint density at radius 3 is 2.75 bits per heavy atom. The van der Waals surface area contributed by atoms with Crippen LogP contribution in [0.4, 0.5) is 17.3 Å². The van der Waals surface area contributed by atoms with Gasteiger partial charge in [0, 0.05) is 33.2 Å². The van der Waals surface area contributed by atoms with E-state index < -0.39 is 4.92 Å². The van der Waals surface area contributed by atoms with E-state index in [9.17, 15) is 10.1 Å². The highest BCUT2D eigenvalue weighted by atomic mass is 16.6. The fourth-order valence-electron chi connectivity index (χ4n) is 2.01. The molecule has 0 aromatic carbocycles. The van der Waals surface area contributed by atoms with Crippen molar-refractivity contribution in [3.8, 4) is 0 Å². The first-order valence-electron chi connectivity index (χ1n) is 6.57. The van der Waals surface area contributed by atoms with Crippen molar-refractivity contribution in [2.24, 2.45) is 0 Å². The fourth-order valence-corrected chi connectivity index (χ4v) is 2.01. The Morgan fingerprint density at radius 2 is 2.10 bits per heavy atom. The van der Waals surface area contributed by atoms with Crippen molar-refractivity contribution in [1.82, 2.24) is 9.88 Å². The summed E-state index contributed by atoms with van der Waals surface area (Å²) in [7, 11) is 1.68. The van der Waals surface area contributed by atoms with Gasteiger partial charge in [-0.25, -0.2) is 4.98 Å². The van der Waals surface area contributed by atoms with Crippen molar-refractivity contribution in [2.75, 3.05) is 57.1 Å². The second kappa shape index (κ2) is 7.01. The number of nitrogens with zero attached hydrogens (tertiary/aromatic N) is 3. The van der Waals surface area contributed by atoms with Gasteiger partial charge in [0.2, 0.25) is 0 Å². The molecule has 1 aliphatic rings. The van der Waals surface area contributed by atoms with E-state index in [-0.39, 0.29) is 5.69 Å². The zero-order valence-corrected chi connectivity index (χ0v) is 11.5. The summed E-state index contributed by atoms with van der Waals surface area (Å²) in [6.07, 6.45) is 0. The van der Waals surface area contributed by atoms with Crippen LogP contribution in [0.25, 0.3) is 0 Å². The van der Waals surface area contributed by atoms with Gasteiger partial charge in [-0.2, -0.15) is 0 Å². The highest BCUT2D eigenvalue weighted by Gasteiger charge is 2.12. The topological polar surface area (TPSA) is 92.6 Å². The highest BCUT2D eigenvalue weighted by molar-refractivity contribution is 5.54. The Kier molecular flexibility index (Phi) is 5.08. The molecule has 0 aliphatic carbocycles. The Balaban J connectivity index is 1.91. The molecule has 110 valence electrons. The van der Waals surface area contributed by atoms with Crippen LogP contribution in [0.5, 0.6) is 0 Å². The summed E-state index contributed by atoms with van der Waals surface area (Å²) >= 11 is 0. The lowest BCUT2D eigenvalue weighted by molar-refractivity contribution is -0.384. The van der Waals surface area contributed by atoms with Gasteiger partial charge < -0.3 is 15.4 Å². The Bertz CT molecular complexity index is 462. The molecule has 20 heavy (non-hydrogen) atoms. The van der Waals surface area contributed by atoms with Gasteiger partial charge in [-0.05, 0) is 0 Å². The van der Waals surface area contributed by atoms with E-state index in [1.807, 2.05) is 0 Å². The molecule has 0 saturated carbocycles. The fraction of sp³-hybridized carbons (Fsp3) is 0.583. The molecule has 2 N–H and O–H groups in total. The highest BCUT2D eigenvalue weighted by Crippen LogP contribution is 2.20. The quantitative estimate of drug-likeness (QED) is 0.588. The van der Waals surface area contributed by atoms with E-state index in [1.54, 1.807) is 7.05 Å².